The number of benzene rings is 1. The number of aryl methyl sites for hydroxylation is 1. The molecule has 0 N–H and O–H groups in total. The Hall–Kier alpha value is -0.820. The van der Waals surface area contributed by atoms with Crippen LogP contribution in [0.25, 0.3) is 0 Å². The summed E-state index contributed by atoms with van der Waals surface area (Å²) in [6.45, 7) is 9.46. The van der Waals surface area contributed by atoms with Crippen molar-refractivity contribution in [1.82, 2.24) is 0 Å². The highest BCUT2D eigenvalue weighted by Crippen LogP contribution is 2.12. The lowest BCUT2D eigenvalue weighted by atomic mass is 10.0. The van der Waals surface area contributed by atoms with Gasteiger partial charge in [0, 0.05) is 0 Å². The van der Waals surface area contributed by atoms with Gasteiger partial charge < -0.3 is 4.74 Å². The molecule has 0 bridgehead atoms. The zero-order valence-corrected chi connectivity index (χ0v) is 12.4. The smallest absolute Gasteiger partial charge is 0.0720 e. The SMILES string of the molecule is CC(C)CCCCc1ccc(COC(C)C)cc1. The van der Waals surface area contributed by atoms with E-state index in [1.807, 2.05) is 0 Å². The van der Waals surface area contributed by atoms with Crippen molar-refractivity contribution in [1.29, 1.82) is 0 Å². The van der Waals surface area contributed by atoms with E-state index in [1.165, 1.54) is 36.8 Å². The van der Waals surface area contributed by atoms with Gasteiger partial charge in [0.2, 0.25) is 0 Å². The van der Waals surface area contributed by atoms with Gasteiger partial charge >= 0.3 is 0 Å². The van der Waals surface area contributed by atoms with Crippen molar-refractivity contribution < 1.29 is 4.74 Å². The van der Waals surface area contributed by atoms with Gasteiger partial charge in [-0.2, -0.15) is 0 Å². The number of hydrogen-bond donors (Lipinski definition) is 0. The Morgan fingerprint density at radius 1 is 0.889 bits per heavy atom. The highest BCUT2D eigenvalue weighted by Gasteiger charge is 1.99. The molecule has 0 aliphatic carbocycles. The average Bonchev–Trinajstić information content (AvgIpc) is 2.33. The van der Waals surface area contributed by atoms with Crippen LogP contribution in [0.15, 0.2) is 24.3 Å². The molecule has 0 aromatic heterocycles. The lowest BCUT2D eigenvalue weighted by Crippen LogP contribution is -2.02. The molecule has 102 valence electrons. The lowest BCUT2D eigenvalue weighted by Gasteiger charge is -2.08. The molecule has 0 saturated heterocycles. The second-order valence-corrected chi connectivity index (χ2v) is 5.82. The molecule has 1 aromatic carbocycles. The van der Waals surface area contributed by atoms with E-state index >= 15 is 0 Å². The first-order valence-electron chi connectivity index (χ1n) is 7.27. The van der Waals surface area contributed by atoms with Crippen LogP contribution in [0.5, 0.6) is 0 Å². The molecular weight excluding hydrogens is 220 g/mol. The van der Waals surface area contributed by atoms with Crippen molar-refractivity contribution in [2.75, 3.05) is 0 Å². The Kier molecular flexibility index (Phi) is 7.04. The maximum Gasteiger partial charge on any atom is 0.0720 e. The van der Waals surface area contributed by atoms with Gasteiger partial charge in [0.1, 0.15) is 0 Å². The summed E-state index contributed by atoms with van der Waals surface area (Å²) < 4.78 is 5.59. The van der Waals surface area contributed by atoms with E-state index in [1.54, 1.807) is 0 Å². The predicted molar refractivity (Wildman–Crippen MR) is 78.8 cm³/mol. The maximum atomic E-state index is 5.59. The summed E-state index contributed by atoms with van der Waals surface area (Å²) in [7, 11) is 0. The molecule has 0 aliphatic heterocycles. The summed E-state index contributed by atoms with van der Waals surface area (Å²) in [5, 5.41) is 0. The monoisotopic (exact) mass is 248 g/mol. The standard InChI is InChI=1S/C17H28O/c1-14(2)7-5-6-8-16-9-11-17(12-10-16)13-18-15(3)4/h9-12,14-15H,5-8,13H2,1-4H3. The minimum atomic E-state index is 0.306. The van der Waals surface area contributed by atoms with Crippen LogP contribution >= 0.6 is 0 Å². The van der Waals surface area contributed by atoms with E-state index < -0.39 is 0 Å². The predicted octanol–water partition coefficient (Wildman–Crippen LogP) is 4.98. The van der Waals surface area contributed by atoms with Crippen molar-refractivity contribution in [2.24, 2.45) is 5.92 Å². The largest absolute Gasteiger partial charge is 0.374 e. The van der Waals surface area contributed by atoms with Crippen LogP contribution in [0.4, 0.5) is 0 Å². The first-order chi connectivity index (χ1) is 8.58. The van der Waals surface area contributed by atoms with Gasteiger partial charge in [-0.1, -0.05) is 51.0 Å². The van der Waals surface area contributed by atoms with Crippen LogP contribution in [0.3, 0.4) is 0 Å². The Bertz CT molecular complexity index is 311. The van der Waals surface area contributed by atoms with E-state index in [0.29, 0.717) is 6.10 Å². The van der Waals surface area contributed by atoms with Crippen molar-refractivity contribution in [2.45, 2.75) is 66.1 Å². The molecular formula is C17H28O. The first-order valence-corrected chi connectivity index (χ1v) is 7.27. The van der Waals surface area contributed by atoms with E-state index in [2.05, 4.69) is 52.0 Å². The Morgan fingerprint density at radius 2 is 1.50 bits per heavy atom. The quantitative estimate of drug-likeness (QED) is 0.589. The van der Waals surface area contributed by atoms with Crippen LogP contribution in [0.1, 0.15) is 58.1 Å². The maximum absolute atomic E-state index is 5.59. The zero-order valence-electron chi connectivity index (χ0n) is 12.4. The molecule has 0 spiro atoms. The summed E-state index contributed by atoms with van der Waals surface area (Å²) in [6.07, 6.45) is 5.51. The molecule has 1 rings (SSSR count). The van der Waals surface area contributed by atoms with E-state index in [0.717, 1.165) is 12.5 Å². The molecule has 1 heteroatoms. The number of ether oxygens (including phenoxy) is 1. The summed E-state index contributed by atoms with van der Waals surface area (Å²) in [4.78, 5) is 0. The van der Waals surface area contributed by atoms with E-state index in [9.17, 15) is 0 Å². The summed E-state index contributed by atoms with van der Waals surface area (Å²) in [5.74, 6) is 0.834. The van der Waals surface area contributed by atoms with Gasteiger partial charge in [0.05, 0.1) is 12.7 Å². The van der Waals surface area contributed by atoms with E-state index in [4.69, 9.17) is 4.74 Å². The van der Waals surface area contributed by atoms with Crippen LogP contribution < -0.4 is 0 Å². The third kappa shape index (κ3) is 6.80. The molecule has 1 nitrogen and oxygen atoms in total. The van der Waals surface area contributed by atoms with Crippen molar-refractivity contribution in [3.05, 3.63) is 35.4 Å². The third-order valence-electron chi connectivity index (χ3n) is 3.10. The fourth-order valence-corrected chi connectivity index (χ4v) is 1.95. The molecule has 0 aliphatic rings. The Labute approximate surface area is 113 Å². The number of unbranched alkanes of at least 4 members (excludes halogenated alkanes) is 1. The van der Waals surface area contributed by atoms with Gasteiger partial charge in [-0.05, 0) is 43.7 Å². The van der Waals surface area contributed by atoms with Gasteiger partial charge in [-0.25, -0.2) is 0 Å². The average molecular weight is 248 g/mol. The summed E-state index contributed by atoms with van der Waals surface area (Å²) >= 11 is 0. The fourth-order valence-electron chi connectivity index (χ4n) is 1.95. The normalized spacial score (nSPS) is 11.4. The molecule has 0 heterocycles. The minimum absolute atomic E-state index is 0.306. The first kappa shape index (κ1) is 15.2. The van der Waals surface area contributed by atoms with Crippen molar-refractivity contribution in [3.8, 4) is 0 Å². The highest BCUT2D eigenvalue weighted by atomic mass is 16.5. The van der Waals surface area contributed by atoms with Crippen molar-refractivity contribution in [3.63, 3.8) is 0 Å². The summed E-state index contributed by atoms with van der Waals surface area (Å²) in [6, 6.07) is 8.88. The molecule has 0 unspecified atom stereocenters. The number of rotatable bonds is 8. The molecule has 0 fully saturated rings. The van der Waals surface area contributed by atoms with Gasteiger partial charge in [-0.15, -0.1) is 0 Å². The van der Waals surface area contributed by atoms with Crippen LogP contribution in [-0.2, 0) is 17.8 Å². The minimum Gasteiger partial charge on any atom is -0.374 e. The second-order valence-electron chi connectivity index (χ2n) is 5.82. The number of hydrogen-bond acceptors (Lipinski definition) is 1. The lowest BCUT2D eigenvalue weighted by molar-refractivity contribution is 0.0657. The topological polar surface area (TPSA) is 9.23 Å². The Morgan fingerprint density at radius 3 is 2.06 bits per heavy atom. The van der Waals surface area contributed by atoms with Gasteiger partial charge in [0.15, 0.2) is 0 Å². The third-order valence-corrected chi connectivity index (χ3v) is 3.10. The molecule has 0 saturated carbocycles. The zero-order chi connectivity index (χ0) is 13.4. The Balaban J connectivity index is 2.27. The van der Waals surface area contributed by atoms with Crippen molar-refractivity contribution >= 4 is 0 Å². The van der Waals surface area contributed by atoms with Crippen LogP contribution in [0.2, 0.25) is 0 Å². The molecule has 0 atom stereocenters. The summed E-state index contributed by atoms with van der Waals surface area (Å²) in [5.41, 5.74) is 2.72. The molecule has 18 heavy (non-hydrogen) atoms. The molecule has 0 radical (unpaired) electrons. The second kappa shape index (κ2) is 8.31. The van der Waals surface area contributed by atoms with Crippen LogP contribution in [0, 0.1) is 5.92 Å². The van der Waals surface area contributed by atoms with Gasteiger partial charge in [0.25, 0.3) is 0 Å². The van der Waals surface area contributed by atoms with Gasteiger partial charge in [-0.3, -0.25) is 0 Å². The highest BCUT2D eigenvalue weighted by molar-refractivity contribution is 5.22. The van der Waals surface area contributed by atoms with Crippen LogP contribution in [-0.4, -0.2) is 6.10 Å². The van der Waals surface area contributed by atoms with E-state index in [-0.39, 0.29) is 0 Å². The molecule has 0 amide bonds. The fraction of sp³-hybridized carbons (Fsp3) is 0.647. The molecule has 1 aromatic rings.